The highest BCUT2D eigenvalue weighted by molar-refractivity contribution is 6.92. The van der Waals surface area contributed by atoms with E-state index in [2.05, 4.69) is 118 Å². The molecule has 0 aliphatic carbocycles. The van der Waals surface area contributed by atoms with Gasteiger partial charge in [0.2, 0.25) is 0 Å². The fourth-order valence-electron chi connectivity index (χ4n) is 5.75. The number of nitrogens with zero attached hydrogens (tertiary/aromatic N) is 2. The van der Waals surface area contributed by atoms with Crippen LogP contribution in [0.25, 0.3) is 0 Å². The van der Waals surface area contributed by atoms with Crippen LogP contribution in [-0.2, 0) is 0 Å². The van der Waals surface area contributed by atoms with Gasteiger partial charge < -0.3 is 13.1 Å². The second kappa shape index (κ2) is 11.3. The van der Waals surface area contributed by atoms with E-state index < -0.39 is 49.4 Å². The van der Waals surface area contributed by atoms with Crippen LogP contribution in [0.3, 0.4) is 0 Å². The number of rotatable bonds is 14. The molecule has 0 aliphatic heterocycles. The van der Waals surface area contributed by atoms with E-state index >= 15 is 0 Å². The molecule has 0 aromatic carbocycles. The monoisotopic (exact) mass is 535 g/mol. The molecule has 3 nitrogen and oxygen atoms in total. The van der Waals surface area contributed by atoms with Gasteiger partial charge in [-0.1, -0.05) is 105 Å². The SMILES string of the molecule is C[Si](C)(CCCN([Si](C)(C)C)[Si](C)(C)C)N[Si](C)(C)CCCN([Si](C)(C)C)[Si](C)(C)C. The molecule has 1 N–H and O–H groups in total. The van der Waals surface area contributed by atoms with E-state index in [1.54, 1.807) is 0 Å². The molecule has 0 saturated carbocycles. The van der Waals surface area contributed by atoms with E-state index in [9.17, 15) is 0 Å². The van der Waals surface area contributed by atoms with Crippen LogP contribution in [0.1, 0.15) is 12.8 Å². The standard InChI is InChI=1S/C22H61N3Si6/c1-26(2,3)24(27(4,5)6)19-17-21-30(13,14)23-31(15,16)22-18-20-25(28(7,8)9)29(10,11)12/h23H,17-22H2,1-16H3. The van der Waals surface area contributed by atoms with Gasteiger partial charge in [0, 0.05) is 0 Å². The average Bonchev–Trinajstić information content (AvgIpc) is 2.41. The van der Waals surface area contributed by atoms with Gasteiger partial charge in [-0.15, -0.1) is 0 Å². The summed E-state index contributed by atoms with van der Waals surface area (Å²) < 4.78 is 10.3. The van der Waals surface area contributed by atoms with Crippen molar-refractivity contribution in [3.05, 3.63) is 0 Å². The van der Waals surface area contributed by atoms with Crippen LogP contribution in [0, 0.1) is 0 Å². The Morgan fingerprint density at radius 1 is 0.419 bits per heavy atom. The van der Waals surface area contributed by atoms with Crippen molar-refractivity contribution in [2.45, 2.75) is 130 Å². The minimum Gasteiger partial charge on any atom is -0.359 e. The van der Waals surface area contributed by atoms with Gasteiger partial charge in [-0.25, -0.2) is 0 Å². The molecule has 0 unspecified atom stereocenters. The molecule has 0 saturated heterocycles. The molecule has 0 fully saturated rings. The van der Waals surface area contributed by atoms with Crippen LogP contribution in [-0.4, -0.2) is 71.0 Å². The average molecular weight is 536 g/mol. The Morgan fingerprint density at radius 3 is 0.839 bits per heavy atom. The van der Waals surface area contributed by atoms with Gasteiger partial charge in [-0.05, 0) is 38.0 Å². The molecule has 9 heteroatoms. The van der Waals surface area contributed by atoms with Gasteiger partial charge in [0.15, 0.2) is 0 Å². The van der Waals surface area contributed by atoms with Crippen molar-refractivity contribution >= 4 is 49.4 Å². The summed E-state index contributed by atoms with van der Waals surface area (Å²) in [6.07, 6.45) is 2.76. The van der Waals surface area contributed by atoms with Gasteiger partial charge in [0.05, 0.1) is 0 Å². The third kappa shape index (κ3) is 13.0. The first kappa shape index (κ1) is 32.2. The lowest BCUT2D eigenvalue weighted by atomic mass is 10.5. The molecule has 0 aliphatic rings. The van der Waals surface area contributed by atoms with Crippen LogP contribution in [0.4, 0.5) is 0 Å². The van der Waals surface area contributed by atoms with E-state index in [1.165, 1.54) is 38.0 Å². The Kier molecular flexibility index (Phi) is 11.7. The maximum Gasteiger partial charge on any atom is 0.112 e. The molecule has 0 bridgehead atoms. The van der Waals surface area contributed by atoms with Crippen LogP contribution in [0.2, 0.25) is 117 Å². The summed E-state index contributed by atoms with van der Waals surface area (Å²) in [7, 11) is -7.61. The van der Waals surface area contributed by atoms with Crippen molar-refractivity contribution in [1.29, 1.82) is 0 Å². The van der Waals surface area contributed by atoms with E-state index in [-0.39, 0.29) is 0 Å². The zero-order valence-electron chi connectivity index (χ0n) is 24.6. The highest BCUT2D eigenvalue weighted by Crippen LogP contribution is 2.24. The van der Waals surface area contributed by atoms with Crippen molar-refractivity contribution in [2.75, 3.05) is 13.1 Å². The molecule has 0 amide bonds. The van der Waals surface area contributed by atoms with E-state index in [0.717, 1.165) is 0 Å². The zero-order valence-corrected chi connectivity index (χ0v) is 30.6. The smallest absolute Gasteiger partial charge is 0.112 e. The molecule has 188 valence electrons. The Hall–Kier alpha value is 1.18. The summed E-state index contributed by atoms with van der Waals surface area (Å²) in [5, 5.41) is 0. The van der Waals surface area contributed by atoms with Gasteiger partial charge in [0.25, 0.3) is 0 Å². The molecule has 0 aromatic heterocycles. The third-order valence-electron chi connectivity index (χ3n) is 6.28. The zero-order chi connectivity index (χ0) is 25.1. The van der Waals surface area contributed by atoms with Gasteiger partial charge >= 0.3 is 0 Å². The molecule has 0 rings (SSSR count). The third-order valence-corrected chi connectivity index (χ3v) is 30.3. The molecular weight excluding hydrogens is 475 g/mol. The summed E-state index contributed by atoms with van der Waals surface area (Å²) in [5.74, 6) is 0. The lowest BCUT2D eigenvalue weighted by molar-refractivity contribution is 0.596. The summed E-state index contributed by atoms with van der Waals surface area (Å²) in [6, 6.07) is 2.84. The normalized spacial score (nSPS) is 15.3. The molecule has 0 radical (unpaired) electrons. The van der Waals surface area contributed by atoms with Crippen LogP contribution in [0.15, 0.2) is 0 Å². The summed E-state index contributed by atoms with van der Waals surface area (Å²) in [4.78, 5) is 0. The fraction of sp³-hybridized carbons (Fsp3) is 1.00. The minimum absolute atomic E-state index is 1.22. The summed E-state index contributed by atoms with van der Waals surface area (Å²) >= 11 is 0. The van der Waals surface area contributed by atoms with Crippen molar-refractivity contribution in [3.63, 3.8) is 0 Å². The molecule has 0 spiro atoms. The number of hydrogen-bond acceptors (Lipinski definition) is 3. The summed E-state index contributed by atoms with van der Waals surface area (Å²) in [6.45, 7) is 43.4. The van der Waals surface area contributed by atoms with Gasteiger partial charge in [-0.3, -0.25) is 0 Å². The molecule has 0 heterocycles. The predicted molar refractivity (Wildman–Crippen MR) is 164 cm³/mol. The second-order valence-corrected chi connectivity index (χ2v) is 45.0. The largest absolute Gasteiger partial charge is 0.359 e. The molecular formula is C22H61N3Si6. The highest BCUT2D eigenvalue weighted by atomic mass is 28.4. The lowest BCUT2D eigenvalue weighted by Crippen LogP contribution is -2.61. The topological polar surface area (TPSA) is 18.5 Å². The fourth-order valence-corrected chi connectivity index (χ4v) is 35.6. The van der Waals surface area contributed by atoms with E-state index in [4.69, 9.17) is 0 Å². The maximum atomic E-state index is 4.32. The quantitative estimate of drug-likeness (QED) is 0.230. The first-order valence-corrected chi connectivity index (χ1v) is 32.9. The first-order chi connectivity index (χ1) is 13.4. The number of hydrogen-bond donors (Lipinski definition) is 1. The first-order valence-electron chi connectivity index (χ1n) is 12.7. The van der Waals surface area contributed by atoms with E-state index in [0.29, 0.717) is 0 Å². The Balaban J connectivity index is 4.83. The van der Waals surface area contributed by atoms with Crippen LogP contribution < -0.4 is 4.65 Å². The summed E-state index contributed by atoms with van der Waals surface area (Å²) in [5.41, 5.74) is 0. The van der Waals surface area contributed by atoms with Crippen molar-refractivity contribution < 1.29 is 0 Å². The minimum atomic E-state index is -1.35. The van der Waals surface area contributed by atoms with Crippen LogP contribution in [0.5, 0.6) is 0 Å². The molecule has 0 aromatic rings. The van der Waals surface area contributed by atoms with Crippen molar-refractivity contribution in [1.82, 2.24) is 13.1 Å². The number of nitrogens with one attached hydrogen (secondary N) is 1. The Bertz CT molecular complexity index is 463. The Labute approximate surface area is 204 Å². The van der Waals surface area contributed by atoms with Gasteiger partial charge in [0.1, 0.15) is 49.4 Å². The molecule has 0 atom stereocenters. The highest BCUT2D eigenvalue weighted by Gasteiger charge is 2.37. The van der Waals surface area contributed by atoms with Crippen LogP contribution >= 0.6 is 0 Å². The van der Waals surface area contributed by atoms with Crippen molar-refractivity contribution in [3.8, 4) is 0 Å². The van der Waals surface area contributed by atoms with Crippen molar-refractivity contribution in [2.24, 2.45) is 0 Å². The van der Waals surface area contributed by atoms with Gasteiger partial charge in [-0.2, -0.15) is 0 Å². The maximum absolute atomic E-state index is 4.32. The van der Waals surface area contributed by atoms with E-state index in [1.807, 2.05) is 0 Å². The lowest BCUT2D eigenvalue weighted by Gasteiger charge is -2.45. The molecule has 31 heavy (non-hydrogen) atoms. The predicted octanol–water partition coefficient (Wildman–Crippen LogP) is 7.71. The Morgan fingerprint density at radius 2 is 0.645 bits per heavy atom. The second-order valence-electron chi connectivity index (χ2n) is 15.1.